The van der Waals surface area contributed by atoms with Gasteiger partial charge in [0.05, 0.1) is 30.7 Å². The molecule has 2 amide bonds. The Labute approximate surface area is 202 Å². The fourth-order valence-electron chi connectivity index (χ4n) is 5.70. The maximum Gasteiger partial charge on any atom is 0.245 e. The van der Waals surface area contributed by atoms with Crippen LogP contribution in [0.2, 0.25) is 0 Å². The van der Waals surface area contributed by atoms with Crippen LogP contribution in [0.5, 0.6) is 0 Å². The van der Waals surface area contributed by atoms with E-state index in [4.69, 9.17) is 16.2 Å². The van der Waals surface area contributed by atoms with Crippen molar-refractivity contribution in [3.8, 4) is 0 Å². The number of amides is 2. The molecule has 190 valence electrons. The number of hydrogen-bond acceptors (Lipinski definition) is 10. The number of ether oxygens (including phenoxy) is 1. The SMILES string of the molecule is CC(=O)N1C[C@H](O)C[C@H]1C(=O)N1CCC2(CC1)C[C@H](n1cnc3c(N)nc(N)nc31)[C@@](C)(O)CO2. The molecule has 1 spiro atoms. The summed E-state index contributed by atoms with van der Waals surface area (Å²) in [5.41, 5.74) is 10.9. The van der Waals surface area contributed by atoms with E-state index in [0.717, 1.165) is 0 Å². The summed E-state index contributed by atoms with van der Waals surface area (Å²) in [6, 6.07) is -1.04. The van der Waals surface area contributed by atoms with E-state index >= 15 is 0 Å². The van der Waals surface area contributed by atoms with Crippen LogP contribution in [0.3, 0.4) is 0 Å². The number of nitrogens with zero attached hydrogens (tertiary/aromatic N) is 6. The van der Waals surface area contributed by atoms with Crippen molar-refractivity contribution in [1.29, 1.82) is 0 Å². The highest BCUT2D eigenvalue weighted by Crippen LogP contribution is 2.45. The van der Waals surface area contributed by atoms with Crippen molar-refractivity contribution < 1.29 is 24.5 Å². The summed E-state index contributed by atoms with van der Waals surface area (Å²) in [7, 11) is 0. The quantitative estimate of drug-likeness (QED) is 0.410. The lowest BCUT2D eigenvalue weighted by atomic mass is 9.77. The molecule has 0 radical (unpaired) electrons. The fraction of sp³-hybridized carbons (Fsp3) is 0.682. The molecule has 3 aliphatic heterocycles. The van der Waals surface area contributed by atoms with Crippen molar-refractivity contribution in [3.63, 3.8) is 0 Å². The van der Waals surface area contributed by atoms with Crippen molar-refractivity contribution in [2.24, 2.45) is 0 Å². The maximum atomic E-state index is 13.2. The number of carbonyl (C=O) groups is 2. The van der Waals surface area contributed by atoms with Crippen LogP contribution < -0.4 is 11.5 Å². The van der Waals surface area contributed by atoms with Crippen LogP contribution in [0.25, 0.3) is 11.2 Å². The third-order valence-corrected chi connectivity index (χ3v) is 7.71. The zero-order valence-corrected chi connectivity index (χ0v) is 19.9. The van der Waals surface area contributed by atoms with Gasteiger partial charge in [0.15, 0.2) is 11.5 Å². The van der Waals surface area contributed by atoms with Crippen molar-refractivity contribution >= 4 is 34.7 Å². The second-order valence-electron chi connectivity index (χ2n) is 10.2. The van der Waals surface area contributed by atoms with Gasteiger partial charge in [0.25, 0.3) is 0 Å². The summed E-state index contributed by atoms with van der Waals surface area (Å²) < 4.78 is 8.02. The first-order valence-corrected chi connectivity index (χ1v) is 11.9. The second kappa shape index (κ2) is 8.28. The Hall–Kier alpha value is -3.03. The van der Waals surface area contributed by atoms with E-state index in [2.05, 4.69) is 15.0 Å². The number of imidazole rings is 1. The number of anilines is 2. The van der Waals surface area contributed by atoms with E-state index in [-0.39, 0.29) is 43.2 Å². The molecule has 2 aromatic rings. The van der Waals surface area contributed by atoms with Crippen molar-refractivity contribution in [2.75, 3.05) is 37.7 Å². The summed E-state index contributed by atoms with van der Waals surface area (Å²) in [6.45, 7) is 4.33. The van der Waals surface area contributed by atoms with Crippen LogP contribution in [-0.2, 0) is 14.3 Å². The number of carbonyl (C=O) groups excluding carboxylic acids is 2. The first-order valence-electron chi connectivity index (χ1n) is 11.9. The monoisotopic (exact) mass is 488 g/mol. The lowest BCUT2D eigenvalue weighted by Gasteiger charge is -2.51. The zero-order chi connectivity index (χ0) is 25.1. The van der Waals surface area contributed by atoms with E-state index in [1.54, 1.807) is 22.7 Å². The van der Waals surface area contributed by atoms with Crippen molar-refractivity contribution in [1.82, 2.24) is 29.3 Å². The number of β-amino-alcohol motifs (C(OH)–C–C–N with tert-alkyl or cyclic N) is 1. The largest absolute Gasteiger partial charge is 0.391 e. The zero-order valence-electron chi connectivity index (χ0n) is 19.9. The molecule has 3 aliphatic rings. The van der Waals surface area contributed by atoms with Gasteiger partial charge in [-0.25, -0.2) is 4.98 Å². The first-order chi connectivity index (χ1) is 16.5. The summed E-state index contributed by atoms with van der Waals surface area (Å²) >= 11 is 0. The van der Waals surface area contributed by atoms with Crippen LogP contribution in [0.1, 0.15) is 45.6 Å². The number of nitrogens with two attached hydrogens (primary N) is 2. The minimum Gasteiger partial charge on any atom is -0.391 e. The lowest BCUT2D eigenvalue weighted by Crippen LogP contribution is -2.58. The van der Waals surface area contributed by atoms with Crippen LogP contribution in [0.4, 0.5) is 11.8 Å². The lowest BCUT2D eigenvalue weighted by molar-refractivity contribution is -0.201. The Kier molecular flexibility index (Phi) is 5.61. The van der Waals surface area contributed by atoms with Gasteiger partial charge in [-0.2, -0.15) is 9.97 Å². The summed E-state index contributed by atoms with van der Waals surface area (Å²) in [5, 5.41) is 21.2. The van der Waals surface area contributed by atoms with E-state index in [0.29, 0.717) is 43.5 Å². The molecule has 0 bridgehead atoms. The van der Waals surface area contributed by atoms with Gasteiger partial charge in [-0.05, 0) is 19.8 Å². The topological polar surface area (TPSA) is 186 Å². The molecule has 35 heavy (non-hydrogen) atoms. The predicted molar refractivity (Wildman–Crippen MR) is 125 cm³/mol. The van der Waals surface area contributed by atoms with E-state index < -0.39 is 29.4 Å². The van der Waals surface area contributed by atoms with Gasteiger partial charge in [0.2, 0.25) is 17.8 Å². The van der Waals surface area contributed by atoms with Crippen LogP contribution in [-0.4, -0.2) is 101 Å². The maximum absolute atomic E-state index is 13.2. The summed E-state index contributed by atoms with van der Waals surface area (Å²) in [5.74, 6) is -0.154. The minimum atomic E-state index is -1.19. The van der Waals surface area contributed by atoms with Gasteiger partial charge in [-0.1, -0.05) is 0 Å². The Morgan fingerprint density at radius 3 is 2.63 bits per heavy atom. The number of piperidine rings is 1. The standard InChI is InChI=1S/C22H32N8O5/c1-12(31)29-9-13(32)7-14(29)19(33)28-5-3-22(4-6-28)8-15(21(2,34)10-35-22)30-11-25-16-17(23)26-20(24)27-18(16)30/h11,13-15,32,34H,3-10H2,1-2H3,(H4,23,24,26,27)/t13-,14+,15+,21+/m1/s1. The Bertz CT molecular complexity index is 1160. The van der Waals surface area contributed by atoms with Gasteiger partial charge in [0, 0.05) is 39.4 Å². The minimum absolute atomic E-state index is 0.0293. The van der Waals surface area contributed by atoms with Gasteiger partial charge in [0.1, 0.15) is 17.2 Å². The van der Waals surface area contributed by atoms with Crippen molar-refractivity contribution in [3.05, 3.63) is 6.33 Å². The molecule has 0 saturated carbocycles. The Balaban J connectivity index is 1.34. The number of hydrogen-bond donors (Lipinski definition) is 4. The number of aliphatic hydroxyl groups excluding tert-OH is 1. The highest BCUT2D eigenvalue weighted by Gasteiger charge is 2.50. The average Bonchev–Trinajstić information content (AvgIpc) is 3.40. The second-order valence-corrected chi connectivity index (χ2v) is 10.2. The molecule has 13 nitrogen and oxygen atoms in total. The number of likely N-dealkylation sites (tertiary alicyclic amines) is 2. The van der Waals surface area contributed by atoms with Gasteiger partial charge < -0.3 is 40.8 Å². The summed E-state index contributed by atoms with van der Waals surface area (Å²) in [6.07, 6.45) is 2.79. The average molecular weight is 489 g/mol. The number of aromatic nitrogens is 4. The van der Waals surface area contributed by atoms with Gasteiger partial charge in [-0.3, -0.25) is 9.59 Å². The van der Waals surface area contributed by atoms with Gasteiger partial charge >= 0.3 is 0 Å². The molecule has 13 heteroatoms. The van der Waals surface area contributed by atoms with Crippen LogP contribution in [0, 0.1) is 0 Å². The van der Waals surface area contributed by atoms with E-state index in [1.165, 1.54) is 11.8 Å². The van der Waals surface area contributed by atoms with Crippen LogP contribution >= 0.6 is 0 Å². The smallest absolute Gasteiger partial charge is 0.245 e. The number of nitrogen functional groups attached to an aromatic ring is 2. The number of rotatable bonds is 2. The molecule has 0 aromatic carbocycles. The molecule has 0 unspecified atom stereocenters. The molecule has 5 rings (SSSR count). The molecular weight excluding hydrogens is 456 g/mol. The van der Waals surface area contributed by atoms with Crippen molar-refractivity contribution in [2.45, 2.75) is 68.9 Å². The molecule has 0 aliphatic carbocycles. The predicted octanol–water partition coefficient (Wildman–Crippen LogP) is -0.954. The number of fused-ring (bicyclic) bond motifs is 1. The fourth-order valence-corrected chi connectivity index (χ4v) is 5.70. The van der Waals surface area contributed by atoms with Crippen LogP contribution in [0.15, 0.2) is 6.33 Å². The molecule has 6 N–H and O–H groups in total. The van der Waals surface area contributed by atoms with E-state index in [9.17, 15) is 19.8 Å². The van der Waals surface area contributed by atoms with E-state index in [1.807, 2.05) is 0 Å². The molecular formula is C22H32N8O5. The highest BCUT2D eigenvalue weighted by molar-refractivity contribution is 5.88. The first kappa shape index (κ1) is 23.7. The molecule has 4 atom stereocenters. The Morgan fingerprint density at radius 2 is 1.94 bits per heavy atom. The highest BCUT2D eigenvalue weighted by atomic mass is 16.5. The molecule has 5 heterocycles. The third kappa shape index (κ3) is 4.06. The molecule has 3 saturated heterocycles. The normalized spacial score (nSPS) is 30.8. The molecule has 3 fully saturated rings. The molecule has 2 aromatic heterocycles. The van der Waals surface area contributed by atoms with Gasteiger partial charge in [-0.15, -0.1) is 0 Å². The third-order valence-electron chi connectivity index (χ3n) is 7.71. The Morgan fingerprint density at radius 1 is 1.23 bits per heavy atom. The summed E-state index contributed by atoms with van der Waals surface area (Å²) in [4.78, 5) is 40.9. The number of aliphatic hydroxyl groups is 2.